The Kier molecular flexibility index (Phi) is 7.00. The molecule has 0 atom stereocenters. The summed E-state index contributed by atoms with van der Waals surface area (Å²) < 4.78 is 0. The van der Waals surface area contributed by atoms with Gasteiger partial charge in [0.25, 0.3) is 0 Å². The van der Waals surface area contributed by atoms with Gasteiger partial charge in [-0.25, -0.2) is 9.98 Å². The van der Waals surface area contributed by atoms with Gasteiger partial charge >= 0.3 is 0 Å². The smallest absolute Gasteiger partial charge is 0.204 e. The average Bonchev–Trinajstić information content (AvgIpc) is 3.50. The number of rotatable bonds is 8. The third kappa shape index (κ3) is 4.70. The zero-order chi connectivity index (χ0) is 24.5. The number of aromatic nitrogens is 3. The maximum absolute atomic E-state index is 9.91. The lowest BCUT2D eigenvalue weighted by Crippen LogP contribution is -2.27. The molecule has 0 aliphatic carbocycles. The Bertz CT molecular complexity index is 1230. The van der Waals surface area contributed by atoms with Gasteiger partial charge in [-0.2, -0.15) is 5.10 Å². The third-order valence-electron chi connectivity index (χ3n) is 6.02. The van der Waals surface area contributed by atoms with Crippen molar-refractivity contribution in [3.05, 3.63) is 47.3 Å². The van der Waals surface area contributed by atoms with Crippen molar-refractivity contribution < 1.29 is 5.11 Å². The van der Waals surface area contributed by atoms with Gasteiger partial charge in [0.1, 0.15) is 10.7 Å². The number of aliphatic hydroxyl groups excluding tert-OH is 1. The van der Waals surface area contributed by atoms with E-state index in [9.17, 15) is 5.11 Å². The predicted molar refractivity (Wildman–Crippen MR) is 142 cm³/mol. The standard InChI is InChI=1S/C26H34N6OS/c1-7-9-15-31(8-2)21-14-13-20(34-21)27-22-23(26(4,5)6)29-32-25(22)28-24(30-32)18-12-10-11-17(3)19(18)16-33/h10-14,33H,7-9,15-16H2,1-6H3. The monoisotopic (exact) mass is 478 g/mol. The van der Waals surface area contributed by atoms with E-state index >= 15 is 0 Å². The lowest BCUT2D eigenvalue weighted by molar-refractivity contribution is 0.281. The van der Waals surface area contributed by atoms with Gasteiger partial charge in [0, 0.05) is 24.1 Å². The minimum atomic E-state index is -0.211. The van der Waals surface area contributed by atoms with Crippen LogP contribution in [0.2, 0.25) is 0 Å². The second kappa shape index (κ2) is 9.80. The zero-order valence-electron chi connectivity index (χ0n) is 21.0. The van der Waals surface area contributed by atoms with E-state index in [4.69, 9.17) is 15.1 Å². The molecule has 0 saturated heterocycles. The van der Waals surface area contributed by atoms with Crippen molar-refractivity contribution in [2.24, 2.45) is 15.5 Å². The van der Waals surface area contributed by atoms with Gasteiger partial charge in [0.05, 0.1) is 17.3 Å². The Hall–Kier alpha value is -2.84. The normalized spacial score (nSPS) is 14.6. The number of thiophene rings is 1. The lowest BCUT2D eigenvalue weighted by atomic mass is 9.87. The summed E-state index contributed by atoms with van der Waals surface area (Å²) in [6.07, 6.45) is 2.36. The van der Waals surface area contributed by atoms with Crippen molar-refractivity contribution >= 4 is 32.8 Å². The second-order valence-electron chi connectivity index (χ2n) is 9.61. The molecule has 0 bridgehead atoms. The van der Waals surface area contributed by atoms with Crippen LogP contribution in [0.25, 0.3) is 11.4 Å². The molecule has 1 N–H and O–H groups in total. The van der Waals surface area contributed by atoms with Crippen LogP contribution in [0.15, 0.2) is 40.4 Å². The summed E-state index contributed by atoms with van der Waals surface area (Å²) in [7, 11) is 0. The molecule has 3 heterocycles. The van der Waals surface area contributed by atoms with Crippen LogP contribution in [0.5, 0.6) is 0 Å². The number of unbranched alkanes of at least 4 members (excludes halogenated alkanes) is 1. The molecule has 3 aromatic rings. The van der Waals surface area contributed by atoms with E-state index in [-0.39, 0.29) is 12.0 Å². The number of fused-ring (bicyclic) bond motifs is 1. The minimum Gasteiger partial charge on any atom is -0.392 e. The van der Waals surface area contributed by atoms with Gasteiger partial charge in [-0.3, -0.25) is 0 Å². The number of anilines is 1. The van der Waals surface area contributed by atoms with Crippen LogP contribution in [0.3, 0.4) is 0 Å². The molecule has 0 unspecified atom stereocenters. The molecule has 0 spiro atoms. The van der Waals surface area contributed by atoms with E-state index in [1.54, 1.807) is 16.1 Å². The number of aliphatic hydroxyl groups is 1. The molecular formula is C26H34N6OS. The molecule has 7 nitrogen and oxygen atoms in total. The molecule has 4 rings (SSSR count). The molecule has 2 aromatic heterocycles. The number of nitrogens with zero attached hydrogens (tertiary/aromatic N) is 6. The molecule has 1 aliphatic heterocycles. The minimum absolute atomic E-state index is 0.0622. The predicted octanol–water partition coefficient (Wildman–Crippen LogP) is 5.82. The quantitative estimate of drug-likeness (QED) is 0.442. The molecule has 0 radical (unpaired) electrons. The van der Waals surface area contributed by atoms with Crippen LogP contribution in [-0.2, 0) is 6.61 Å². The highest BCUT2D eigenvalue weighted by Crippen LogP contribution is 2.35. The second-order valence-corrected chi connectivity index (χ2v) is 10.7. The fraction of sp³-hybridized carbons (Fsp3) is 0.462. The summed E-state index contributed by atoms with van der Waals surface area (Å²) in [6.45, 7) is 14.7. The Balaban J connectivity index is 1.75. The first kappa shape index (κ1) is 24.3. The largest absolute Gasteiger partial charge is 0.392 e. The van der Waals surface area contributed by atoms with Crippen molar-refractivity contribution in [3.8, 4) is 11.4 Å². The maximum atomic E-state index is 9.91. The molecule has 1 aromatic carbocycles. The number of aliphatic imine (C=N–C) groups is 1. The number of benzene rings is 1. The Morgan fingerprint density at radius 3 is 2.62 bits per heavy atom. The summed E-state index contributed by atoms with van der Waals surface area (Å²) in [6, 6.07) is 10.1. The van der Waals surface area contributed by atoms with E-state index in [0.29, 0.717) is 11.6 Å². The van der Waals surface area contributed by atoms with Crippen molar-refractivity contribution in [1.29, 1.82) is 0 Å². The van der Waals surface area contributed by atoms with Crippen molar-refractivity contribution in [2.45, 2.75) is 61.0 Å². The van der Waals surface area contributed by atoms with E-state index in [2.05, 4.69) is 56.8 Å². The van der Waals surface area contributed by atoms with E-state index in [0.717, 1.165) is 46.2 Å². The molecule has 0 amide bonds. The molecule has 180 valence electrons. The summed E-state index contributed by atoms with van der Waals surface area (Å²) >= 11 is 1.69. The van der Waals surface area contributed by atoms with Crippen molar-refractivity contribution in [1.82, 2.24) is 14.9 Å². The maximum Gasteiger partial charge on any atom is 0.204 e. The average molecular weight is 479 g/mol. The van der Waals surface area contributed by atoms with Crippen LogP contribution in [0.1, 0.15) is 64.4 Å². The highest BCUT2D eigenvalue weighted by molar-refractivity contribution is 7.19. The van der Waals surface area contributed by atoms with E-state index in [1.165, 1.54) is 17.8 Å². The molecule has 0 fully saturated rings. The molecule has 8 heteroatoms. The van der Waals surface area contributed by atoms with Gasteiger partial charge in [-0.1, -0.05) is 63.7 Å². The summed E-state index contributed by atoms with van der Waals surface area (Å²) in [5.74, 6) is 1.19. The fourth-order valence-electron chi connectivity index (χ4n) is 4.04. The van der Waals surface area contributed by atoms with Crippen LogP contribution >= 0.6 is 11.3 Å². The van der Waals surface area contributed by atoms with Crippen LogP contribution in [-0.4, -0.2) is 44.5 Å². The highest BCUT2D eigenvalue weighted by atomic mass is 32.1. The summed E-state index contributed by atoms with van der Waals surface area (Å²) in [4.78, 5) is 13.9. The molecule has 1 aliphatic rings. The topological polar surface area (TPSA) is 78.9 Å². The lowest BCUT2D eigenvalue weighted by Gasteiger charge is -2.20. The highest BCUT2D eigenvalue weighted by Gasteiger charge is 2.35. The van der Waals surface area contributed by atoms with E-state index in [1.807, 2.05) is 25.1 Å². The zero-order valence-corrected chi connectivity index (χ0v) is 21.8. The molecule has 34 heavy (non-hydrogen) atoms. The first-order chi connectivity index (χ1) is 16.3. The van der Waals surface area contributed by atoms with Gasteiger partial charge in [0.2, 0.25) is 5.82 Å². The number of aryl methyl sites for hydroxylation is 1. The van der Waals surface area contributed by atoms with Gasteiger partial charge in [-0.05, 0) is 43.5 Å². The Labute approximate surface area is 205 Å². The van der Waals surface area contributed by atoms with E-state index < -0.39 is 0 Å². The van der Waals surface area contributed by atoms with Gasteiger partial charge in [-0.15, -0.1) is 9.89 Å². The molecular weight excluding hydrogens is 444 g/mol. The molecule has 0 saturated carbocycles. The number of hydrogen-bond acceptors (Lipinski definition) is 7. The van der Waals surface area contributed by atoms with Gasteiger partial charge < -0.3 is 10.0 Å². The van der Waals surface area contributed by atoms with Crippen molar-refractivity contribution in [3.63, 3.8) is 0 Å². The van der Waals surface area contributed by atoms with Gasteiger partial charge in [0.15, 0.2) is 5.82 Å². The summed E-state index contributed by atoms with van der Waals surface area (Å²) in [5.41, 5.74) is 4.09. The number of hydrogen-bond donors (Lipinski definition) is 1. The third-order valence-corrected chi connectivity index (χ3v) is 7.06. The summed E-state index contributed by atoms with van der Waals surface area (Å²) in [5, 5.41) is 21.5. The van der Waals surface area contributed by atoms with Crippen LogP contribution < -0.4 is 4.90 Å². The van der Waals surface area contributed by atoms with Crippen LogP contribution in [0, 0.1) is 12.3 Å². The first-order valence-electron chi connectivity index (χ1n) is 12.0. The first-order valence-corrected chi connectivity index (χ1v) is 12.8. The Morgan fingerprint density at radius 1 is 1.15 bits per heavy atom. The van der Waals surface area contributed by atoms with Crippen LogP contribution in [0.4, 0.5) is 10.0 Å². The SMILES string of the molecule is CCCCN(CC)c1ccc(N=C2C(C(C)(C)C)=Nn3nc(-c4cccc(C)c4CO)nc32)s1. The Morgan fingerprint density at radius 2 is 1.94 bits per heavy atom. The fourth-order valence-corrected chi connectivity index (χ4v) is 5.02. The van der Waals surface area contributed by atoms with Crippen molar-refractivity contribution in [2.75, 3.05) is 18.0 Å².